The number of hydrogen-bond acceptors (Lipinski definition) is 4. The number of aliphatic imine (C=N–C) groups is 1. The van der Waals surface area contributed by atoms with Gasteiger partial charge in [-0.3, -0.25) is 0 Å². The Morgan fingerprint density at radius 2 is 2.07 bits per heavy atom. The highest BCUT2D eigenvalue weighted by atomic mass is 79.9. The lowest BCUT2D eigenvalue weighted by Crippen LogP contribution is -2.11. The molecule has 0 saturated carbocycles. The Balaban J connectivity index is 2.54. The molecule has 1 N–H and O–H groups in total. The van der Waals surface area contributed by atoms with E-state index in [1.807, 2.05) is 0 Å². The zero-order valence-electron chi connectivity index (χ0n) is 7.38. The van der Waals surface area contributed by atoms with Gasteiger partial charge in [0, 0.05) is 5.56 Å². The fourth-order valence-electron chi connectivity index (χ4n) is 1.21. The van der Waals surface area contributed by atoms with Crippen molar-refractivity contribution < 1.29 is 13.5 Å². The fourth-order valence-corrected chi connectivity index (χ4v) is 2.78. The first-order chi connectivity index (χ1) is 7.01. The van der Waals surface area contributed by atoms with Gasteiger partial charge in [-0.15, -0.1) is 0 Å². The Morgan fingerprint density at radius 1 is 1.33 bits per heavy atom. The maximum Gasteiger partial charge on any atom is 0.232 e. The fraction of sp³-hybridized carbons (Fsp3) is 0. The van der Waals surface area contributed by atoms with E-state index in [4.69, 9.17) is 0 Å². The zero-order valence-corrected chi connectivity index (χ0v) is 9.79. The van der Waals surface area contributed by atoms with Crippen LogP contribution >= 0.6 is 15.9 Å². The number of benzene rings is 1. The van der Waals surface area contributed by atoms with Gasteiger partial charge in [0.15, 0.2) is 5.04 Å². The van der Waals surface area contributed by atoms with Crippen molar-refractivity contribution in [1.82, 2.24) is 0 Å². The highest BCUT2D eigenvalue weighted by molar-refractivity contribution is 9.14. The van der Waals surface area contributed by atoms with Crippen molar-refractivity contribution in [3.8, 4) is 5.75 Å². The van der Waals surface area contributed by atoms with E-state index in [9.17, 15) is 13.5 Å². The maximum atomic E-state index is 11.7. The number of phenols is 1. The first-order valence-electron chi connectivity index (χ1n) is 4.00. The van der Waals surface area contributed by atoms with Crippen molar-refractivity contribution in [2.24, 2.45) is 4.99 Å². The molecular formula is C9H6BrNO3S. The molecule has 0 radical (unpaired) electrons. The number of rotatable bonds is 1. The molecule has 1 aliphatic rings. The molecule has 0 saturated heterocycles. The van der Waals surface area contributed by atoms with Crippen LogP contribution in [0.3, 0.4) is 0 Å². The second kappa shape index (κ2) is 3.46. The van der Waals surface area contributed by atoms with Crippen LogP contribution in [0.4, 0.5) is 0 Å². The normalized spacial score (nSPS) is 18.5. The molecule has 0 unspecified atom stereocenters. The van der Waals surface area contributed by atoms with Crippen LogP contribution in [-0.2, 0) is 9.84 Å². The largest absolute Gasteiger partial charge is 0.508 e. The molecule has 0 atom stereocenters. The molecule has 1 aliphatic heterocycles. The summed E-state index contributed by atoms with van der Waals surface area (Å²) in [5, 5.41) is 9.18. The van der Waals surface area contributed by atoms with E-state index in [0.717, 1.165) is 0 Å². The Hall–Kier alpha value is -1.14. The third-order valence-electron chi connectivity index (χ3n) is 1.89. The van der Waals surface area contributed by atoms with E-state index in [0.29, 0.717) is 5.56 Å². The Morgan fingerprint density at radius 3 is 2.60 bits per heavy atom. The van der Waals surface area contributed by atoms with Crippen LogP contribution in [-0.4, -0.2) is 18.6 Å². The van der Waals surface area contributed by atoms with Crippen LogP contribution in [0.2, 0.25) is 0 Å². The van der Waals surface area contributed by atoms with Crippen molar-refractivity contribution in [3.05, 3.63) is 39.8 Å². The molecule has 4 nitrogen and oxygen atoms in total. The molecule has 0 spiro atoms. The topological polar surface area (TPSA) is 66.7 Å². The van der Waals surface area contributed by atoms with Crippen molar-refractivity contribution >= 4 is 30.8 Å². The average molecular weight is 288 g/mol. The number of halogens is 1. The summed E-state index contributed by atoms with van der Waals surface area (Å²) in [4.78, 5) is 3.79. The highest BCUT2D eigenvalue weighted by Gasteiger charge is 2.29. The summed E-state index contributed by atoms with van der Waals surface area (Å²) in [6.07, 6.45) is 1.23. The quantitative estimate of drug-likeness (QED) is 0.856. The predicted octanol–water partition coefficient (Wildman–Crippen LogP) is 1.76. The Labute approximate surface area is 95.0 Å². The van der Waals surface area contributed by atoms with Gasteiger partial charge in [0.2, 0.25) is 9.84 Å². The number of nitrogens with zero attached hydrogens (tertiary/aromatic N) is 1. The smallest absolute Gasteiger partial charge is 0.232 e. The third kappa shape index (κ3) is 1.70. The second-order valence-corrected chi connectivity index (χ2v) is 6.13. The van der Waals surface area contributed by atoms with Crippen LogP contribution in [0.1, 0.15) is 5.56 Å². The molecular weight excluding hydrogens is 282 g/mol. The summed E-state index contributed by atoms with van der Waals surface area (Å²) >= 11 is 2.91. The van der Waals surface area contributed by atoms with E-state index in [1.165, 1.54) is 18.3 Å². The van der Waals surface area contributed by atoms with Crippen LogP contribution in [0.15, 0.2) is 39.3 Å². The van der Waals surface area contributed by atoms with Crippen LogP contribution in [0.5, 0.6) is 5.75 Å². The molecule has 15 heavy (non-hydrogen) atoms. The van der Waals surface area contributed by atoms with Crippen molar-refractivity contribution in [2.75, 3.05) is 0 Å². The SMILES string of the molecule is O=S1(=O)C(Br)=CN=C1c1cccc(O)c1. The molecule has 1 aromatic rings. The van der Waals surface area contributed by atoms with Crippen LogP contribution < -0.4 is 0 Å². The van der Waals surface area contributed by atoms with Gasteiger partial charge in [-0.1, -0.05) is 12.1 Å². The van der Waals surface area contributed by atoms with Gasteiger partial charge in [-0.05, 0) is 28.1 Å². The summed E-state index contributed by atoms with van der Waals surface area (Å²) in [5.41, 5.74) is 0.376. The van der Waals surface area contributed by atoms with Crippen LogP contribution in [0.25, 0.3) is 0 Å². The lowest BCUT2D eigenvalue weighted by molar-refractivity contribution is 0.475. The van der Waals surface area contributed by atoms with Gasteiger partial charge >= 0.3 is 0 Å². The molecule has 6 heteroatoms. The summed E-state index contributed by atoms with van der Waals surface area (Å²) in [6, 6.07) is 5.97. The Kier molecular flexibility index (Phi) is 2.40. The molecule has 0 fully saturated rings. The van der Waals surface area contributed by atoms with Gasteiger partial charge in [0.1, 0.15) is 9.56 Å². The second-order valence-electron chi connectivity index (χ2n) is 2.92. The number of aromatic hydroxyl groups is 1. The lowest BCUT2D eigenvalue weighted by atomic mass is 10.2. The summed E-state index contributed by atoms with van der Waals surface area (Å²) in [6.45, 7) is 0. The van der Waals surface area contributed by atoms with E-state index in [2.05, 4.69) is 20.9 Å². The third-order valence-corrected chi connectivity index (χ3v) is 4.84. The zero-order chi connectivity index (χ0) is 11.1. The molecule has 2 rings (SSSR count). The summed E-state index contributed by atoms with van der Waals surface area (Å²) in [5.74, 6) is 0.00780. The average Bonchev–Trinajstić information content (AvgIpc) is 2.42. The van der Waals surface area contributed by atoms with Crippen LogP contribution in [0, 0.1) is 0 Å². The highest BCUT2D eigenvalue weighted by Crippen LogP contribution is 2.27. The van der Waals surface area contributed by atoms with Gasteiger partial charge < -0.3 is 5.11 Å². The van der Waals surface area contributed by atoms with E-state index in [-0.39, 0.29) is 14.6 Å². The standard InChI is InChI=1S/C9H6BrNO3S/c10-8-5-11-9(15(8,13)14)6-2-1-3-7(12)4-6/h1-5,12H. The summed E-state index contributed by atoms with van der Waals surface area (Å²) in [7, 11) is -3.52. The van der Waals surface area contributed by atoms with E-state index < -0.39 is 9.84 Å². The van der Waals surface area contributed by atoms with E-state index >= 15 is 0 Å². The number of sulfone groups is 1. The first-order valence-corrected chi connectivity index (χ1v) is 6.27. The molecule has 78 valence electrons. The monoisotopic (exact) mass is 287 g/mol. The van der Waals surface area contributed by atoms with Gasteiger partial charge in [0.25, 0.3) is 0 Å². The Bertz CT molecular complexity index is 575. The molecule has 0 aromatic heterocycles. The molecule has 0 amide bonds. The predicted molar refractivity (Wildman–Crippen MR) is 60.6 cm³/mol. The molecule has 0 bridgehead atoms. The number of phenolic OH excluding ortho intramolecular Hbond substituents is 1. The summed E-state index contributed by atoms with van der Waals surface area (Å²) < 4.78 is 23.4. The van der Waals surface area contributed by atoms with Crippen molar-refractivity contribution in [3.63, 3.8) is 0 Å². The van der Waals surface area contributed by atoms with Crippen molar-refractivity contribution in [1.29, 1.82) is 0 Å². The molecule has 1 aromatic carbocycles. The molecule has 1 heterocycles. The minimum Gasteiger partial charge on any atom is -0.508 e. The maximum absolute atomic E-state index is 11.7. The number of hydrogen-bond donors (Lipinski definition) is 1. The molecule has 0 aliphatic carbocycles. The first kappa shape index (κ1) is 10.4. The van der Waals surface area contributed by atoms with Crippen molar-refractivity contribution in [2.45, 2.75) is 0 Å². The van der Waals surface area contributed by atoms with Gasteiger partial charge in [-0.2, -0.15) is 0 Å². The van der Waals surface area contributed by atoms with Gasteiger partial charge in [-0.25, -0.2) is 13.4 Å². The van der Waals surface area contributed by atoms with E-state index in [1.54, 1.807) is 12.1 Å². The van der Waals surface area contributed by atoms with Gasteiger partial charge in [0.05, 0.1) is 6.20 Å². The lowest BCUT2D eigenvalue weighted by Gasteiger charge is -2.01. The minimum atomic E-state index is -3.52. The minimum absolute atomic E-state index is 0.00780.